The smallest absolute Gasteiger partial charge is 0.433 e. The molecule has 2 heterocycles. The van der Waals surface area contributed by atoms with Crippen molar-refractivity contribution in [3.05, 3.63) is 24.0 Å². The maximum Gasteiger partial charge on any atom is 0.433 e. The third-order valence-corrected chi connectivity index (χ3v) is 4.52. The normalized spacial score (nSPS) is 27.8. The van der Waals surface area contributed by atoms with Gasteiger partial charge in [-0.1, -0.05) is 0 Å². The summed E-state index contributed by atoms with van der Waals surface area (Å²) >= 11 is 0. The lowest BCUT2D eigenvalue weighted by atomic mass is 9.92. The Kier molecular flexibility index (Phi) is 3.62. The van der Waals surface area contributed by atoms with Crippen molar-refractivity contribution in [3.8, 4) is 0 Å². The van der Waals surface area contributed by atoms with Gasteiger partial charge in [0.2, 0.25) is 0 Å². The Morgan fingerprint density at radius 3 is 2.50 bits per heavy atom. The molecule has 0 radical (unpaired) electrons. The van der Waals surface area contributed by atoms with Crippen molar-refractivity contribution >= 4 is 11.8 Å². The number of anilines is 1. The third-order valence-electron chi connectivity index (χ3n) is 4.52. The summed E-state index contributed by atoms with van der Waals surface area (Å²) in [5, 5.41) is 11.4. The number of hydrogen-bond acceptors (Lipinski definition) is 3. The molecule has 1 aromatic rings. The molecule has 0 unspecified atom stereocenters. The van der Waals surface area contributed by atoms with Gasteiger partial charge >= 0.3 is 12.3 Å². The molecule has 3 atom stereocenters. The fourth-order valence-corrected chi connectivity index (χ4v) is 3.58. The van der Waals surface area contributed by atoms with Crippen LogP contribution in [0.2, 0.25) is 0 Å². The molecular weight excluding hydrogens is 299 g/mol. The van der Waals surface area contributed by atoms with Gasteiger partial charge in [0.1, 0.15) is 5.69 Å². The van der Waals surface area contributed by atoms with Crippen LogP contribution < -0.4 is 10.2 Å². The summed E-state index contributed by atoms with van der Waals surface area (Å²) in [4.78, 5) is 16.1. The van der Waals surface area contributed by atoms with Gasteiger partial charge in [-0.2, -0.15) is 13.2 Å². The summed E-state index contributed by atoms with van der Waals surface area (Å²) in [5.41, 5.74) is -0.406. The predicted octanol–water partition coefficient (Wildman–Crippen LogP) is 2.58. The predicted molar refractivity (Wildman–Crippen MR) is 72.6 cm³/mol. The lowest BCUT2D eigenvalue weighted by Gasteiger charge is -2.39. The van der Waals surface area contributed by atoms with Crippen molar-refractivity contribution in [3.63, 3.8) is 0 Å². The molecule has 1 saturated heterocycles. The highest BCUT2D eigenvalue weighted by atomic mass is 19.4. The van der Waals surface area contributed by atoms with Crippen molar-refractivity contribution in [2.75, 3.05) is 18.0 Å². The average molecular weight is 315 g/mol. The SMILES string of the molecule is O=C(O)N[C@H]1[C@@H]2CC[C@H]1CN(c1ccnc(C(F)(F)F)c1)C2. The first-order valence-corrected chi connectivity index (χ1v) is 7.12. The summed E-state index contributed by atoms with van der Waals surface area (Å²) < 4.78 is 38.2. The van der Waals surface area contributed by atoms with Crippen LogP contribution in [0, 0.1) is 11.8 Å². The van der Waals surface area contributed by atoms with Crippen LogP contribution in [0.5, 0.6) is 0 Å². The third kappa shape index (κ3) is 2.82. The first-order chi connectivity index (χ1) is 10.3. The van der Waals surface area contributed by atoms with Crippen molar-refractivity contribution in [2.24, 2.45) is 11.8 Å². The number of alkyl halides is 3. The van der Waals surface area contributed by atoms with E-state index in [2.05, 4.69) is 10.3 Å². The van der Waals surface area contributed by atoms with E-state index in [-0.39, 0.29) is 17.9 Å². The van der Waals surface area contributed by atoms with E-state index in [9.17, 15) is 18.0 Å². The van der Waals surface area contributed by atoms with Crippen molar-refractivity contribution < 1.29 is 23.1 Å². The number of piperidine rings is 1. The van der Waals surface area contributed by atoms with E-state index in [1.54, 1.807) is 6.07 Å². The average Bonchev–Trinajstić information content (AvgIpc) is 2.69. The molecule has 1 aromatic heterocycles. The minimum Gasteiger partial charge on any atom is -0.465 e. The maximum atomic E-state index is 12.7. The number of nitrogens with zero attached hydrogens (tertiary/aromatic N) is 2. The van der Waals surface area contributed by atoms with Gasteiger partial charge in [0.05, 0.1) is 0 Å². The van der Waals surface area contributed by atoms with Gasteiger partial charge in [-0.15, -0.1) is 0 Å². The molecule has 2 bridgehead atoms. The minimum atomic E-state index is -4.46. The number of pyridine rings is 1. The summed E-state index contributed by atoms with van der Waals surface area (Å²) in [6, 6.07) is 2.53. The second-order valence-corrected chi connectivity index (χ2v) is 5.87. The summed E-state index contributed by atoms with van der Waals surface area (Å²) in [6.07, 6.45) is -2.55. The number of hydrogen-bond donors (Lipinski definition) is 2. The first-order valence-electron chi connectivity index (χ1n) is 7.12. The number of carboxylic acid groups (broad SMARTS) is 1. The van der Waals surface area contributed by atoms with Crippen molar-refractivity contribution in [2.45, 2.75) is 25.1 Å². The van der Waals surface area contributed by atoms with Gasteiger partial charge in [-0.05, 0) is 36.8 Å². The molecule has 22 heavy (non-hydrogen) atoms. The van der Waals surface area contributed by atoms with Crippen LogP contribution in [0.1, 0.15) is 18.5 Å². The summed E-state index contributed by atoms with van der Waals surface area (Å²) in [7, 11) is 0. The second kappa shape index (κ2) is 5.33. The molecule has 0 aromatic carbocycles. The monoisotopic (exact) mass is 315 g/mol. The van der Waals surface area contributed by atoms with Gasteiger partial charge in [0.25, 0.3) is 0 Å². The number of fused-ring (bicyclic) bond motifs is 2. The van der Waals surface area contributed by atoms with Crippen LogP contribution in [0.4, 0.5) is 23.7 Å². The molecule has 3 rings (SSSR count). The molecule has 1 aliphatic carbocycles. The topological polar surface area (TPSA) is 65.5 Å². The number of aromatic nitrogens is 1. The molecule has 0 spiro atoms. The zero-order chi connectivity index (χ0) is 15.9. The highest BCUT2D eigenvalue weighted by Crippen LogP contribution is 2.39. The summed E-state index contributed by atoms with van der Waals surface area (Å²) in [6.45, 7) is 1.12. The van der Waals surface area contributed by atoms with Gasteiger partial charge in [-0.25, -0.2) is 4.79 Å². The second-order valence-electron chi connectivity index (χ2n) is 5.87. The van der Waals surface area contributed by atoms with Crippen molar-refractivity contribution in [1.29, 1.82) is 0 Å². The van der Waals surface area contributed by atoms with E-state index in [0.29, 0.717) is 18.8 Å². The van der Waals surface area contributed by atoms with Crippen LogP contribution in [0.3, 0.4) is 0 Å². The molecule has 2 N–H and O–H groups in total. The number of amides is 1. The number of rotatable bonds is 2. The lowest BCUT2D eigenvalue weighted by Crippen LogP contribution is -2.52. The molecule has 1 aliphatic heterocycles. The number of halogens is 3. The number of carbonyl (C=O) groups is 1. The molecule has 2 aliphatic rings. The molecule has 2 fully saturated rings. The Bertz CT molecular complexity index is 565. The quantitative estimate of drug-likeness (QED) is 0.880. The molecule has 1 amide bonds. The van der Waals surface area contributed by atoms with Crippen molar-refractivity contribution in [1.82, 2.24) is 10.3 Å². The Morgan fingerprint density at radius 2 is 1.95 bits per heavy atom. The van der Waals surface area contributed by atoms with E-state index in [1.807, 2.05) is 4.90 Å². The largest absolute Gasteiger partial charge is 0.465 e. The lowest BCUT2D eigenvalue weighted by molar-refractivity contribution is -0.141. The Balaban J connectivity index is 1.77. The van der Waals surface area contributed by atoms with E-state index in [1.165, 1.54) is 6.20 Å². The Hall–Kier alpha value is -1.99. The molecule has 120 valence electrons. The molecule has 5 nitrogen and oxygen atoms in total. The zero-order valence-corrected chi connectivity index (χ0v) is 11.7. The van der Waals surface area contributed by atoms with E-state index < -0.39 is 18.0 Å². The van der Waals surface area contributed by atoms with Crippen LogP contribution in [0.25, 0.3) is 0 Å². The van der Waals surface area contributed by atoms with Gasteiger partial charge in [0, 0.05) is 31.0 Å². The maximum absolute atomic E-state index is 12.7. The Labute approximate surface area is 125 Å². The Morgan fingerprint density at radius 1 is 1.32 bits per heavy atom. The van der Waals surface area contributed by atoms with Crippen LogP contribution in [0.15, 0.2) is 18.3 Å². The fraction of sp³-hybridized carbons (Fsp3) is 0.571. The zero-order valence-electron chi connectivity index (χ0n) is 11.7. The highest BCUT2D eigenvalue weighted by Gasteiger charge is 2.43. The van der Waals surface area contributed by atoms with Gasteiger partial charge in [-0.3, -0.25) is 4.98 Å². The van der Waals surface area contributed by atoms with E-state index >= 15 is 0 Å². The minimum absolute atomic E-state index is 0.0994. The fourth-order valence-electron chi connectivity index (χ4n) is 3.58. The standard InChI is InChI=1S/C14H16F3N3O2/c15-14(16,17)11-5-10(3-4-18-11)20-6-8-1-2-9(7-20)12(8)19-13(21)22/h3-5,8-9,12,19H,1-2,6-7H2,(H,21,22)/t8-,9+,12+. The number of nitrogens with one attached hydrogen (secondary N) is 1. The molecule has 1 saturated carbocycles. The van der Waals surface area contributed by atoms with Crippen LogP contribution >= 0.6 is 0 Å². The molecular formula is C14H16F3N3O2. The van der Waals surface area contributed by atoms with E-state index in [4.69, 9.17) is 5.11 Å². The first kappa shape index (κ1) is 14.9. The van der Waals surface area contributed by atoms with E-state index in [0.717, 1.165) is 18.9 Å². The molecule has 8 heteroatoms. The van der Waals surface area contributed by atoms with Gasteiger partial charge in [0.15, 0.2) is 0 Å². The van der Waals surface area contributed by atoms with Gasteiger partial charge < -0.3 is 15.3 Å². The highest BCUT2D eigenvalue weighted by molar-refractivity contribution is 5.65. The van der Waals surface area contributed by atoms with Crippen LogP contribution in [-0.4, -0.2) is 35.3 Å². The van der Waals surface area contributed by atoms with Crippen LogP contribution in [-0.2, 0) is 6.18 Å². The summed E-state index contributed by atoms with van der Waals surface area (Å²) in [5.74, 6) is 0.273.